The molecule has 0 bridgehead atoms. The predicted octanol–water partition coefficient (Wildman–Crippen LogP) is 3.73. The number of benzene rings is 1. The summed E-state index contributed by atoms with van der Waals surface area (Å²) >= 11 is 0. The van der Waals surface area contributed by atoms with Gasteiger partial charge in [-0.25, -0.2) is 0 Å². The molecule has 3 aromatic rings. The first-order valence-electron chi connectivity index (χ1n) is 10.8. The van der Waals surface area contributed by atoms with Crippen LogP contribution in [-0.4, -0.2) is 57.4 Å². The van der Waals surface area contributed by atoms with Gasteiger partial charge in [-0.2, -0.15) is 0 Å². The highest BCUT2D eigenvalue weighted by Gasteiger charge is 2.33. The Morgan fingerprint density at radius 1 is 1.19 bits per heavy atom. The summed E-state index contributed by atoms with van der Waals surface area (Å²) in [5, 5.41) is 20.2. The monoisotopic (exact) mass is 418 g/mol. The van der Waals surface area contributed by atoms with Crippen molar-refractivity contribution in [3.05, 3.63) is 54.2 Å². The second-order valence-corrected chi connectivity index (χ2v) is 8.32. The van der Waals surface area contributed by atoms with Crippen molar-refractivity contribution in [2.45, 2.75) is 31.1 Å². The van der Waals surface area contributed by atoms with E-state index in [1.807, 2.05) is 23.1 Å². The van der Waals surface area contributed by atoms with Crippen LogP contribution in [0.4, 0.5) is 0 Å². The average molecular weight is 418 g/mol. The van der Waals surface area contributed by atoms with Crippen molar-refractivity contribution in [1.82, 2.24) is 20.1 Å². The minimum absolute atomic E-state index is 0.0205. The lowest BCUT2D eigenvalue weighted by atomic mass is 9.86. The summed E-state index contributed by atoms with van der Waals surface area (Å²) in [6.07, 6.45) is 4.20. The van der Waals surface area contributed by atoms with Crippen LogP contribution in [0.3, 0.4) is 0 Å². The number of fused-ring (bicyclic) bond motifs is 1. The van der Waals surface area contributed by atoms with Crippen LogP contribution in [0.15, 0.2) is 43.0 Å². The Hall–Kier alpha value is -3.19. The molecule has 7 heteroatoms. The molecule has 1 amide bonds. The third-order valence-electron chi connectivity index (χ3n) is 6.52. The molecule has 2 aliphatic rings. The van der Waals surface area contributed by atoms with E-state index in [0.29, 0.717) is 23.7 Å². The summed E-state index contributed by atoms with van der Waals surface area (Å²) in [5.41, 5.74) is 4.50. The van der Waals surface area contributed by atoms with E-state index >= 15 is 0 Å². The number of aromatic hydroxyl groups is 1. The number of rotatable bonds is 4. The summed E-state index contributed by atoms with van der Waals surface area (Å²) < 4.78 is 5.61. The van der Waals surface area contributed by atoms with Crippen LogP contribution in [0.25, 0.3) is 22.3 Å². The zero-order valence-corrected chi connectivity index (χ0v) is 17.4. The zero-order chi connectivity index (χ0) is 21.4. The molecule has 0 radical (unpaired) electrons. The van der Waals surface area contributed by atoms with Gasteiger partial charge in [-0.1, -0.05) is 18.7 Å². The molecular formula is C24H26N4O3. The van der Waals surface area contributed by atoms with Gasteiger partial charge in [-0.3, -0.25) is 4.79 Å². The number of phenolic OH excluding ortho intramolecular Hbond substituents is 1. The molecule has 0 aliphatic carbocycles. The van der Waals surface area contributed by atoms with Crippen LogP contribution in [0.1, 0.15) is 42.4 Å². The molecule has 0 saturated carbocycles. The molecule has 1 atom stereocenters. The molecule has 7 nitrogen and oxygen atoms in total. The lowest BCUT2D eigenvalue weighted by molar-refractivity contribution is -0.125. The lowest BCUT2D eigenvalue weighted by Gasteiger charge is -2.24. The van der Waals surface area contributed by atoms with Gasteiger partial charge in [0.15, 0.2) is 5.65 Å². The molecule has 2 N–H and O–H groups in total. The molecule has 5 rings (SSSR count). The van der Waals surface area contributed by atoms with Gasteiger partial charge in [-0.15, -0.1) is 10.2 Å². The number of aromatic amines is 1. The highest BCUT2D eigenvalue weighted by Crippen LogP contribution is 2.41. The van der Waals surface area contributed by atoms with Crippen molar-refractivity contribution < 1.29 is 14.6 Å². The summed E-state index contributed by atoms with van der Waals surface area (Å²) in [7, 11) is 0. The zero-order valence-electron chi connectivity index (χ0n) is 17.4. The number of nitrogens with one attached hydrogen (secondary N) is 1. The number of hydrogen-bond donors (Lipinski definition) is 2. The summed E-state index contributed by atoms with van der Waals surface area (Å²) in [4.78, 5) is 17.5. The number of likely N-dealkylation sites (tertiary alicyclic amines) is 1. The number of hydrogen-bond acceptors (Lipinski definition) is 5. The predicted molar refractivity (Wildman–Crippen MR) is 118 cm³/mol. The largest absolute Gasteiger partial charge is 0.507 e. The molecular weight excluding hydrogens is 392 g/mol. The van der Waals surface area contributed by atoms with Crippen molar-refractivity contribution in [1.29, 1.82) is 0 Å². The molecule has 4 heterocycles. The van der Waals surface area contributed by atoms with Crippen molar-refractivity contribution in [2.24, 2.45) is 0 Å². The van der Waals surface area contributed by atoms with Gasteiger partial charge in [0.2, 0.25) is 5.91 Å². The molecule has 2 aromatic heterocycles. The molecule has 2 aliphatic heterocycles. The van der Waals surface area contributed by atoms with Gasteiger partial charge in [-0.05, 0) is 55.0 Å². The van der Waals surface area contributed by atoms with E-state index in [-0.39, 0.29) is 17.6 Å². The van der Waals surface area contributed by atoms with Crippen molar-refractivity contribution in [3.63, 3.8) is 0 Å². The van der Waals surface area contributed by atoms with Crippen LogP contribution >= 0.6 is 0 Å². The number of para-hydroxylation sites is 1. The minimum atomic E-state index is -0.0205. The van der Waals surface area contributed by atoms with E-state index in [1.165, 1.54) is 11.6 Å². The highest BCUT2D eigenvalue weighted by molar-refractivity contribution is 5.88. The van der Waals surface area contributed by atoms with E-state index < -0.39 is 0 Å². The normalized spacial score (nSPS) is 19.7. The number of phenols is 1. The average Bonchev–Trinajstić information content (AvgIpc) is 3.44. The van der Waals surface area contributed by atoms with Gasteiger partial charge < -0.3 is 19.7 Å². The second-order valence-electron chi connectivity index (χ2n) is 8.32. The van der Waals surface area contributed by atoms with Crippen LogP contribution in [-0.2, 0) is 9.53 Å². The second kappa shape index (κ2) is 8.15. The Bertz CT molecular complexity index is 1130. The molecule has 0 unspecified atom stereocenters. The molecule has 1 aromatic carbocycles. The topological polar surface area (TPSA) is 91.3 Å². The number of amides is 1. The maximum absolute atomic E-state index is 12.1. The maximum Gasteiger partial charge on any atom is 0.245 e. The quantitative estimate of drug-likeness (QED) is 0.630. The Morgan fingerprint density at radius 3 is 2.77 bits per heavy atom. The van der Waals surface area contributed by atoms with Crippen molar-refractivity contribution >= 4 is 16.9 Å². The van der Waals surface area contributed by atoms with Gasteiger partial charge >= 0.3 is 0 Å². The molecule has 31 heavy (non-hydrogen) atoms. The fourth-order valence-electron chi connectivity index (χ4n) is 4.92. The molecule has 0 spiro atoms. The highest BCUT2D eigenvalue weighted by atomic mass is 16.5. The van der Waals surface area contributed by atoms with Gasteiger partial charge in [0.05, 0.1) is 5.69 Å². The van der Waals surface area contributed by atoms with Gasteiger partial charge in [0.25, 0.3) is 0 Å². The Kier molecular flexibility index (Phi) is 5.19. The third kappa shape index (κ3) is 3.59. The Morgan fingerprint density at radius 2 is 2.00 bits per heavy atom. The SMILES string of the molecule is C=CC(=O)N1CC[C@@H](c2[nH]c3nnc(-c4ccccc4O)cc3c2C2CCOCC2)C1. The fourth-order valence-corrected chi connectivity index (χ4v) is 4.92. The van der Waals surface area contributed by atoms with E-state index in [9.17, 15) is 9.90 Å². The number of aromatic nitrogens is 3. The van der Waals surface area contributed by atoms with Crippen LogP contribution < -0.4 is 0 Å². The third-order valence-corrected chi connectivity index (χ3v) is 6.52. The Labute approximate surface area is 180 Å². The first-order valence-corrected chi connectivity index (χ1v) is 10.8. The number of ether oxygens (including phenoxy) is 1. The maximum atomic E-state index is 12.1. The molecule has 2 fully saturated rings. The standard InChI is InChI=1S/C24H26N4O3/c1-2-21(30)28-10-7-16(14-28)23-22(15-8-11-31-12-9-15)18-13-19(26-27-24(18)25-23)17-5-3-4-6-20(17)29/h2-6,13,15-16,29H,1,7-12,14H2,(H,25,27)/t16-/m1/s1. The van der Waals surface area contributed by atoms with E-state index in [1.54, 1.807) is 12.1 Å². The number of carbonyl (C=O) groups excluding carboxylic acids is 1. The first-order chi connectivity index (χ1) is 15.2. The summed E-state index contributed by atoms with van der Waals surface area (Å²) in [5.74, 6) is 0.759. The number of nitrogens with zero attached hydrogens (tertiary/aromatic N) is 3. The van der Waals surface area contributed by atoms with Gasteiger partial charge in [0.1, 0.15) is 5.75 Å². The van der Waals surface area contributed by atoms with E-state index in [2.05, 4.69) is 21.8 Å². The summed E-state index contributed by atoms with van der Waals surface area (Å²) in [6.45, 7) is 6.51. The van der Waals surface area contributed by atoms with E-state index in [4.69, 9.17) is 4.74 Å². The van der Waals surface area contributed by atoms with Crippen LogP contribution in [0, 0.1) is 0 Å². The minimum Gasteiger partial charge on any atom is -0.507 e. The molecule has 2 saturated heterocycles. The fraction of sp³-hybridized carbons (Fsp3) is 0.375. The summed E-state index contributed by atoms with van der Waals surface area (Å²) in [6, 6.07) is 9.22. The van der Waals surface area contributed by atoms with E-state index in [0.717, 1.165) is 55.7 Å². The first kappa shape index (κ1) is 19.8. The Balaban J connectivity index is 1.61. The van der Waals surface area contributed by atoms with Crippen molar-refractivity contribution in [3.8, 4) is 17.0 Å². The lowest BCUT2D eigenvalue weighted by Crippen LogP contribution is -2.26. The number of H-pyrrole nitrogens is 1. The molecule has 160 valence electrons. The van der Waals surface area contributed by atoms with Crippen LogP contribution in [0.2, 0.25) is 0 Å². The number of carbonyl (C=O) groups is 1. The van der Waals surface area contributed by atoms with Crippen LogP contribution in [0.5, 0.6) is 5.75 Å². The van der Waals surface area contributed by atoms with Gasteiger partial charge in [0, 0.05) is 48.9 Å². The van der Waals surface area contributed by atoms with Crippen molar-refractivity contribution in [2.75, 3.05) is 26.3 Å². The smallest absolute Gasteiger partial charge is 0.245 e.